The van der Waals surface area contributed by atoms with Crippen LogP contribution in [0.3, 0.4) is 0 Å². The van der Waals surface area contributed by atoms with Gasteiger partial charge in [0.05, 0.1) is 13.2 Å². The van der Waals surface area contributed by atoms with Gasteiger partial charge in [-0.1, -0.05) is 19.1 Å². The number of thioether (sulfide) groups is 1. The molecule has 0 aliphatic rings. The average Bonchev–Trinajstić information content (AvgIpc) is 2.37. The lowest BCUT2D eigenvalue weighted by Gasteiger charge is -2.10. The molecule has 1 rings (SSSR count). The number of hydrogen-bond acceptors (Lipinski definition) is 4. The van der Waals surface area contributed by atoms with Crippen molar-refractivity contribution in [1.82, 2.24) is 5.32 Å². The monoisotopic (exact) mass is 269 g/mol. The van der Waals surface area contributed by atoms with E-state index in [-0.39, 0.29) is 0 Å². The Bertz CT molecular complexity index is 316. The molecule has 102 valence electrons. The molecule has 0 bridgehead atoms. The summed E-state index contributed by atoms with van der Waals surface area (Å²) in [6.07, 6.45) is 0. The second-order valence-electron chi connectivity index (χ2n) is 4.20. The fourth-order valence-electron chi connectivity index (χ4n) is 1.59. The first kappa shape index (κ1) is 15.5. The van der Waals surface area contributed by atoms with Gasteiger partial charge >= 0.3 is 0 Å². The van der Waals surface area contributed by atoms with Gasteiger partial charge < -0.3 is 14.8 Å². The molecule has 1 atom stereocenters. The van der Waals surface area contributed by atoms with Crippen LogP contribution < -0.4 is 5.32 Å². The van der Waals surface area contributed by atoms with Crippen LogP contribution in [0.2, 0.25) is 0 Å². The Balaban J connectivity index is 2.33. The Morgan fingerprint density at radius 2 is 1.89 bits per heavy atom. The van der Waals surface area contributed by atoms with Gasteiger partial charge in [-0.3, -0.25) is 0 Å². The third kappa shape index (κ3) is 6.40. The van der Waals surface area contributed by atoms with Crippen LogP contribution in [-0.2, 0) is 16.0 Å². The minimum absolute atomic E-state index is 0.487. The Morgan fingerprint density at radius 1 is 1.17 bits per heavy atom. The molecule has 0 heterocycles. The first-order valence-corrected chi connectivity index (χ1v) is 7.08. The highest BCUT2D eigenvalue weighted by molar-refractivity contribution is 8.00. The Kier molecular flexibility index (Phi) is 8.09. The summed E-state index contributed by atoms with van der Waals surface area (Å²) in [5.41, 5.74) is 1.30. The minimum Gasteiger partial charge on any atom is -0.384 e. The zero-order chi connectivity index (χ0) is 13.2. The van der Waals surface area contributed by atoms with Crippen LogP contribution in [0.4, 0.5) is 0 Å². The van der Waals surface area contributed by atoms with Crippen molar-refractivity contribution in [2.75, 3.05) is 34.0 Å². The topological polar surface area (TPSA) is 30.5 Å². The molecule has 1 N–H and O–H groups in total. The van der Waals surface area contributed by atoms with Crippen molar-refractivity contribution in [2.24, 2.45) is 0 Å². The van der Waals surface area contributed by atoms with Crippen molar-refractivity contribution in [3.8, 4) is 0 Å². The molecule has 0 amide bonds. The Morgan fingerprint density at radius 3 is 2.50 bits per heavy atom. The van der Waals surface area contributed by atoms with Crippen LogP contribution in [0.5, 0.6) is 0 Å². The van der Waals surface area contributed by atoms with Crippen molar-refractivity contribution in [1.29, 1.82) is 0 Å². The van der Waals surface area contributed by atoms with Crippen molar-refractivity contribution in [3.05, 3.63) is 29.8 Å². The third-order valence-electron chi connectivity index (χ3n) is 2.47. The highest BCUT2D eigenvalue weighted by atomic mass is 32.2. The summed E-state index contributed by atoms with van der Waals surface area (Å²) in [7, 11) is 3.46. The minimum atomic E-state index is 0.487. The first-order chi connectivity index (χ1) is 8.76. The zero-order valence-electron chi connectivity index (χ0n) is 11.4. The highest BCUT2D eigenvalue weighted by Crippen LogP contribution is 2.23. The van der Waals surface area contributed by atoms with Gasteiger partial charge in [-0.2, -0.15) is 0 Å². The van der Waals surface area contributed by atoms with Gasteiger partial charge in [0, 0.05) is 37.5 Å². The third-order valence-corrected chi connectivity index (χ3v) is 3.56. The van der Waals surface area contributed by atoms with Crippen molar-refractivity contribution in [3.63, 3.8) is 0 Å². The summed E-state index contributed by atoms with van der Waals surface area (Å²) in [6, 6.07) is 8.68. The van der Waals surface area contributed by atoms with Gasteiger partial charge in [-0.25, -0.2) is 0 Å². The standard InChI is InChI=1S/C14H23NO2S/c1-12(11-17-3)18-14-6-4-13(5-7-14)10-15-8-9-16-2/h4-7,12,15H,8-11H2,1-3H3. The molecule has 0 fully saturated rings. The molecular formula is C14H23NO2S. The van der Waals surface area contributed by atoms with Gasteiger partial charge in [-0.05, 0) is 17.7 Å². The van der Waals surface area contributed by atoms with E-state index in [9.17, 15) is 0 Å². The molecule has 18 heavy (non-hydrogen) atoms. The normalized spacial score (nSPS) is 12.6. The smallest absolute Gasteiger partial charge is 0.0587 e. The van der Waals surface area contributed by atoms with E-state index in [0.29, 0.717) is 5.25 Å². The summed E-state index contributed by atoms with van der Waals surface area (Å²) in [5.74, 6) is 0. The second kappa shape index (κ2) is 9.39. The molecule has 0 aliphatic heterocycles. The maximum absolute atomic E-state index is 5.13. The molecule has 4 heteroatoms. The van der Waals surface area contributed by atoms with E-state index in [2.05, 4.69) is 36.5 Å². The van der Waals surface area contributed by atoms with Gasteiger partial charge in [-0.15, -0.1) is 11.8 Å². The predicted octanol–water partition coefficient (Wildman–Crippen LogP) is 2.55. The maximum Gasteiger partial charge on any atom is 0.0587 e. The van der Waals surface area contributed by atoms with Gasteiger partial charge in [0.15, 0.2) is 0 Å². The van der Waals surface area contributed by atoms with Crippen LogP contribution >= 0.6 is 11.8 Å². The van der Waals surface area contributed by atoms with E-state index in [4.69, 9.17) is 9.47 Å². The highest BCUT2D eigenvalue weighted by Gasteiger charge is 2.03. The molecule has 0 aliphatic carbocycles. The van der Waals surface area contributed by atoms with Crippen LogP contribution in [0.25, 0.3) is 0 Å². The number of hydrogen-bond donors (Lipinski definition) is 1. The number of nitrogens with one attached hydrogen (secondary N) is 1. The molecule has 0 radical (unpaired) electrons. The molecule has 0 saturated carbocycles. The van der Waals surface area contributed by atoms with Crippen LogP contribution in [0.15, 0.2) is 29.2 Å². The fourth-order valence-corrected chi connectivity index (χ4v) is 2.56. The van der Waals surface area contributed by atoms with E-state index in [1.54, 1.807) is 14.2 Å². The number of benzene rings is 1. The molecule has 1 unspecified atom stereocenters. The van der Waals surface area contributed by atoms with Crippen LogP contribution in [0, 0.1) is 0 Å². The summed E-state index contributed by atoms with van der Waals surface area (Å²) in [5, 5.41) is 3.82. The summed E-state index contributed by atoms with van der Waals surface area (Å²) in [6.45, 7) is 5.49. The Hall–Kier alpha value is -0.550. The zero-order valence-corrected chi connectivity index (χ0v) is 12.3. The van der Waals surface area contributed by atoms with Gasteiger partial charge in [0.1, 0.15) is 0 Å². The van der Waals surface area contributed by atoms with Crippen molar-refractivity contribution < 1.29 is 9.47 Å². The first-order valence-electron chi connectivity index (χ1n) is 6.20. The SMILES string of the molecule is COCCNCc1ccc(SC(C)COC)cc1. The maximum atomic E-state index is 5.13. The van der Waals surface area contributed by atoms with Gasteiger partial charge in [0.25, 0.3) is 0 Å². The number of methoxy groups -OCH3 is 2. The van der Waals surface area contributed by atoms with Crippen molar-refractivity contribution in [2.45, 2.75) is 23.6 Å². The lowest BCUT2D eigenvalue weighted by Crippen LogP contribution is -2.18. The lowest BCUT2D eigenvalue weighted by atomic mass is 10.2. The summed E-state index contributed by atoms with van der Waals surface area (Å²) >= 11 is 1.84. The van der Waals surface area contributed by atoms with Crippen LogP contribution in [-0.4, -0.2) is 39.2 Å². The largest absolute Gasteiger partial charge is 0.384 e. The summed E-state index contributed by atoms with van der Waals surface area (Å²) in [4.78, 5) is 1.29. The molecule has 0 spiro atoms. The van der Waals surface area contributed by atoms with Crippen LogP contribution in [0.1, 0.15) is 12.5 Å². The molecule has 1 aromatic rings. The lowest BCUT2D eigenvalue weighted by molar-refractivity contribution is 0.199. The van der Waals surface area contributed by atoms with Gasteiger partial charge in [0.2, 0.25) is 0 Å². The molecule has 1 aromatic carbocycles. The van der Waals surface area contributed by atoms with E-state index in [1.807, 2.05) is 11.8 Å². The van der Waals surface area contributed by atoms with E-state index in [0.717, 1.165) is 26.3 Å². The number of ether oxygens (including phenoxy) is 2. The molecule has 3 nitrogen and oxygen atoms in total. The predicted molar refractivity (Wildman–Crippen MR) is 77.2 cm³/mol. The van der Waals surface area contributed by atoms with E-state index < -0.39 is 0 Å². The quantitative estimate of drug-likeness (QED) is 0.551. The summed E-state index contributed by atoms with van der Waals surface area (Å²) < 4.78 is 10.1. The molecule has 0 saturated heterocycles. The molecular weight excluding hydrogens is 246 g/mol. The fraction of sp³-hybridized carbons (Fsp3) is 0.571. The van der Waals surface area contributed by atoms with E-state index >= 15 is 0 Å². The second-order valence-corrected chi connectivity index (χ2v) is 5.71. The Labute approximate surface area is 114 Å². The average molecular weight is 269 g/mol. The van der Waals surface area contributed by atoms with E-state index in [1.165, 1.54) is 10.5 Å². The molecule has 0 aromatic heterocycles. The van der Waals surface area contributed by atoms with Crippen molar-refractivity contribution >= 4 is 11.8 Å². The number of rotatable bonds is 9.